The number of rotatable bonds is 2. The number of aromatic nitrogens is 1. The Kier molecular flexibility index (Phi) is 2.64. The van der Waals surface area contributed by atoms with Crippen molar-refractivity contribution in [2.24, 2.45) is 0 Å². The molecule has 0 aliphatic heterocycles. The third-order valence-corrected chi connectivity index (χ3v) is 2.16. The molecule has 0 amide bonds. The fourth-order valence-corrected chi connectivity index (χ4v) is 1.58. The average molecular weight is 210 g/mol. The Labute approximate surface area is 74.4 Å². The second-order valence-corrected chi connectivity index (χ2v) is 3.86. The van der Waals surface area contributed by atoms with Crippen molar-refractivity contribution in [3.63, 3.8) is 0 Å². The van der Waals surface area contributed by atoms with Crippen molar-refractivity contribution in [1.29, 1.82) is 0 Å². The molecule has 0 bridgehead atoms. The first kappa shape index (κ1) is 9.41. The van der Waals surface area contributed by atoms with Gasteiger partial charge < -0.3 is 0 Å². The summed E-state index contributed by atoms with van der Waals surface area (Å²) in [5.41, 5.74) is 0.168. The highest BCUT2D eigenvalue weighted by molar-refractivity contribution is 7.85. The molecular weight excluding hydrogens is 205 g/mol. The number of nitrogens with zero attached hydrogens (tertiary/aromatic N) is 1. The van der Waals surface area contributed by atoms with Gasteiger partial charge in [-0.25, -0.2) is 4.98 Å². The maximum absolute atomic E-state index is 12.1. The van der Waals surface area contributed by atoms with Crippen LogP contribution in [0, 0.1) is 0 Å². The molecule has 0 unspecified atom stereocenters. The fourth-order valence-electron chi connectivity index (χ4n) is 0.713. The molecule has 0 aliphatic carbocycles. The summed E-state index contributed by atoms with van der Waals surface area (Å²) in [5.74, 6) is -0.723. The minimum atomic E-state index is -4.52. The lowest BCUT2D eigenvalue weighted by Gasteiger charge is -1.97. The van der Waals surface area contributed by atoms with Gasteiger partial charge in [-0.1, -0.05) is 17.7 Å². The van der Waals surface area contributed by atoms with Crippen LogP contribution in [0.4, 0.5) is 3.89 Å². The molecule has 1 rings (SSSR count). The van der Waals surface area contributed by atoms with E-state index in [0.717, 1.165) is 0 Å². The van der Waals surface area contributed by atoms with E-state index in [1.165, 1.54) is 18.3 Å². The molecule has 0 spiro atoms. The van der Waals surface area contributed by atoms with Crippen LogP contribution >= 0.6 is 11.6 Å². The highest BCUT2D eigenvalue weighted by Gasteiger charge is 2.11. The first-order chi connectivity index (χ1) is 5.49. The van der Waals surface area contributed by atoms with E-state index >= 15 is 0 Å². The summed E-state index contributed by atoms with van der Waals surface area (Å²) < 4.78 is 32.5. The van der Waals surface area contributed by atoms with Gasteiger partial charge in [0, 0.05) is 11.8 Å². The Morgan fingerprint density at radius 2 is 2.25 bits per heavy atom. The predicted octanol–water partition coefficient (Wildman–Crippen LogP) is 1.53. The highest BCUT2D eigenvalue weighted by Crippen LogP contribution is 2.15. The molecule has 12 heavy (non-hydrogen) atoms. The maximum atomic E-state index is 12.1. The van der Waals surface area contributed by atoms with E-state index in [0.29, 0.717) is 0 Å². The fraction of sp³-hybridized carbons (Fsp3) is 0.167. The van der Waals surface area contributed by atoms with Crippen molar-refractivity contribution in [3.8, 4) is 0 Å². The van der Waals surface area contributed by atoms with Gasteiger partial charge in [0.25, 0.3) is 0 Å². The van der Waals surface area contributed by atoms with Crippen LogP contribution in [0.1, 0.15) is 5.56 Å². The number of hydrogen-bond donors (Lipinski definition) is 0. The molecule has 0 saturated carbocycles. The molecule has 0 aliphatic rings. The van der Waals surface area contributed by atoms with E-state index in [1.807, 2.05) is 0 Å². The van der Waals surface area contributed by atoms with E-state index in [-0.39, 0.29) is 10.7 Å². The van der Waals surface area contributed by atoms with Crippen molar-refractivity contribution in [2.75, 3.05) is 0 Å². The van der Waals surface area contributed by atoms with Gasteiger partial charge in [-0.2, -0.15) is 8.42 Å². The van der Waals surface area contributed by atoms with Gasteiger partial charge in [-0.15, -0.1) is 3.89 Å². The van der Waals surface area contributed by atoms with Crippen LogP contribution in [0.5, 0.6) is 0 Å². The van der Waals surface area contributed by atoms with Crippen molar-refractivity contribution >= 4 is 21.8 Å². The standard InChI is InChI=1S/C6H5ClFNO2S/c7-6-5(2-1-3-9-6)4-12(8,10)11/h1-3H,4H2. The van der Waals surface area contributed by atoms with Gasteiger partial charge >= 0.3 is 10.2 Å². The average Bonchev–Trinajstić information content (AvgIpc) is 1.91. The molecule has 1 heterocycles. The number of hydrogen-bond acceptors (Lipinski definition) is 3. The molecule has 1 aromatic rings. The lowest BCUT2D eigenvalue weighted by molar-refractivity contribution is 0.551. The SMILES string of the molecule is O=S(=O)(F)Cc1cccnc1Cl. The van der Waals surface area contributed by atoms with E-state index in [2.05, 4.69) is 4.98 Å². The first-order valence-corrected chi connectivity index (χ1v) is 4.94. The zero-order valence-corrected chi connectivity index (χ0v) is 7.44. The van der Waals surface area contributed by atoms with E-state index in [4.69, 9.17) is 11.6 Å². The van der Waals surface area contributed by atoms with Crippen LogP contribution in [-0.2, 0) is 16.0 Å². The van der Waals surface area contributed by atoms with Gasteiger partial charge in [0.2, 0.25) is 0 Å². The Bertz CT molecular complexity index is 379. The molecule has 0 aromatic carbocycles. The van der Waals surface area contributed by atoms with Crippen LogP contribution < -0.4 is 0 Å². The molecule has 0 atom stereocenters. The Balaban J connectivity index is 2.98. The summed E-state index contributed by atoms with van der Waals surface area (Å²) in [6.07, 6.45) is 1.40. The molecule has 0 fully saturated rings. The molecule has 0 saturated heterocycles. The zero-order valence-electron chi connectivity index (χ0n) is 5.87. The smallest absolute Gasteiger partial charge is 0.244 e. The van der Waals surface area contributed by atoms with Crippen molar-refractivity contribution < 1.29 is 12.3 Å². The Morgan fingerprint density at radius 1 is 1.58 bits per heavy atom. The summed E-state index contributed by atoms with van der Waals surface area (Å²) in [7, 11) is -4.52. The van der Waals surface area contributed by atoms with Gasteiger partial charge in [0.15, 0.2) is 0 Å². The van der Waals surface area contributed by atoms with Crippen molar-refractivity contribution in [3.05, 3.63) is 29.0 Å². The second kappa shape index (κ2) is 3.37. The third-order valence-electron chi connectivity index (χ3n) is 1.16. The van der Waals surface area contributed by atoms with Crippen molar-refractivity contribution in [1.82, 2.24) is 4.98 Å². The predicted molar refractivity (Wildman–Crippen MR) is 43.0 cm³/mol. The minimum Gasteiger partial charge on any atom is -0.244 e. The van der Waals surface area contributed by atoms with Crippen LogP contribution in [0.15, 0.2) is 18.3 Å². The van der Waals surface area contributed by atoms with E-state index in [9.17, 15) is 12.3 Å². The van der Waals surface area contributed by atoms with Crippen LogP contribution in [0.2, 0.25) is 5.15 Å². The van der Waals surface area contributed by atoms with Crippen LogP contribution in [0.3, 0.4) is 0 Å². The third kappa shape index (κ3) is 2.75. The highest BCUT2D eigenvalue weighted by atomic mass is 35.5. The normalized spacial score (nSPS) is 11.5. The molecule has 6 heteroatoms. The lowest BCUT2D eigenvalue weighted by Crippen LogP contribution is -1.97. The lowest BCUT2D eigenvalue weighted by atomic mass is 10.3. The van der Waals surface area contributed by atoms with Gasteiger partial charge in [-0.05, 0) is 6.07 Å². The molecule has 0 N–H and O–H groups in total. The monoisotopic (exact) mass is 209 g/mol. The molecule has 3 nitrogen and oxygen atoms in total. The van der Waals surface area contributed by atoms with Crippen LogP contribution in [0.25, 0.3) is 0 Å². The van der Waals surface area contributed by atoms with Gasteiger partial charge in [-0.3, -0.25) is 0 Å². The summed E-state index contributed by atoms with van der Waals surface area (Å²) in [6.45, 7) is 0. The Hall–Kier alpha value is -0.680. The first-order valence-electron chi connectivity index (χ1n) is 3.01. The quantitative estimate of drug-likeness (QED) is 0.548. The summed E-state index contributed by atoms with van der Waals surface area (Å²) in [5, 5.41) is 0.0127. The van der Waals surface area contributed by atoms with Crippen molar-refractivity contribution in [2.45, 2.75) is 5.75 Å². The minimum absolute atomic E-state index is 0.0127. The zero-order chi connectivity index (χ0) is 9.19. The van der Waals surface area contributed by atoms with Gasteiger partial charge in [0.05, 0.1) is 0 Å². The summed E-state index contributed by atoms with van der Waals surface area (Å²) in [4.78, 5) is 3.60. The molecular formula is C6H5ClFNO2S. The molecule has 66 valence electrons. The Morgan fingerprint density at radius 3 is 2.75 bits per heavy atom. The maximum Gasteiger partial charge on any atom is 0.306 e. The topological polar surface area (TPSA) is 47.0 Å². The van der Waals surface area contributed by atoms with E-state index in [1.54, 1.807) is 0 Å². The number of halogens is 2. The largest absolute Gasteiger partial charge is 0.306 e. The number of pyridine rings is 1. The van der Waals surface area contributed by atoms with Crippen LogP contribution in [-0.4, -0.2) is 13.4 Å². The van der Waals surface area contributed by atoms with E-state index < -0.39 is 16.0 Å². The second-order valence-electron chi connectivity index (χ2n) is 2.14. The summed E-state index contributed by atoms with van der Waals surface area (Å²) in [6, 6.07) is 2.90. The molecule has 0 radical (unpaired) electrons. The summed E-state index contributed by atoms with van der Waals surface area (Å²) >= 11 is 5.49. The van der Waals surface area contributed by atoms with Gasteiger partial charge in [0.1, 0.15) is 10.9 Å². The molecule has 1 aromatic heterocycles.